The number of nitrogens with one attached hydrogen (secondary N) is 2. The summed E-state index contributed by atoms with van der Waals surface area (Å²) in [6.07, 6.45) is 4.92. The van der Waals surface area contributed by atoms with Gasteiger partial charge in [-0.25, -0.2) is 14.2 Å². The smallest absolute Gasteiger partial charge is 0.413 e. The maximum absolute atomic E-state index is 15.3. The largest absolute Gasteiger partial charge is 0.446 e. The Morgan fingerprint density at radius 2 is 2.06 bits per heavy atom. The van der Waals surface area contributed by atoms with E-state index in [4.69, 9.17) is 10.5 Å². The minimum absolute atomic E-state index is 0.000472. The molecule has 9 heteroatoms. The molecule has 0 saturated heterocycles. The number of fused-ring (bicyclic) bond motifs is 4. The number of nitrogen functional groups attached to an aromatic ring is 1. The van der Waals surface area contributed by atoms with E-state index in [1.165, 1.54) is 6.20 Å². The van der Waals surface area contributed by atoms with E-state index in [1.807, 2.05) is 6.92 Å². The molecule has 2 aliphatic carbocycles. The molecular weight excluding hydrogens is 425 g/mol. The van der Waals surface area contributed by atoms with Crippen molar-refractivity contribution in [3.8, 4) is 11.1 Å². The number of ether oxygens (including phenoxy) is 1. The lowest BCUT2D eigenvalue weighted by molar-refractivity contribution is -0.0308. The van der Waals surface area contributed by atoms with Crippen molar-refractivity contribution in [2.45, 2.75) is 56.8 Å². The zero-order valence-corrected chi connectivity index (χ0v) is 18.1. The number of carbonyl (C=O) groups is 1. The molecule has 33 heavy (non-hydrogen) atoms. The van der Waals surface area contributed by atoms with Crippen LogP contribution in [0.15, 0.2) is 24.5 Å². The van der Waals surface area contributed by atoms with Gasteiger partial charge in [0.1, 0.15) is 11.9 Å². The SMILES string of the molecule is Cc1c(-c2cc3cc(NC(=O)O[C@H]4C[C@@H](O)C4)ncc3c(N)c2F)cnc2c1N[C@H]1CCC21. The molecule has 0 radical (unpaired) electrons. The van der Waals surface area contributed by atoms with Gasteiger partial charge in [0.25, 0.3) is 0 Å². The molecular formula is C24H24FN5O3. The molecule has 5 N–H and O–H groups in total. The van der Waals surface area contributed by atoms with Gasteiger partial charge in [0, 0.05) is 53.7 Å². The molecule has 3 aliphatic rings. The quantitative estimate of drug-likeness (QED) is 0.445. The van der Waals surface area contributed by atoms with Gasteiger partial charge in [-0.15, -0.1) is 0 Å². The third-order valence-corrected chi connectivity index (χ3v) is 7.19. The average Bonchev–Trinajstić information content (AvgIpc) is 3.00. The number of nitrogens with zero attached hydrogens (tertiary/aromatic N) is 2. The predicted octanol–water partition coefficient (Wildman–Crippen LogP) is 4.07. The van der Waals surface area contributed by atoms with Crippen molar-refractivity contribution in [2.24, 2.45) is 0 Å². The van der Waals surface area contributed by atoms with E-state index < -0.39 is 18.0 Å². The van der Waals surface area contributed by atoms with Crippen LogP contribution in [0, 0.1) is 12.7 Å². The van der Waals surface area contributed by atoms with Crippen LogP contribution in [-0.2, 0) is 4.74 Å². The molecule has 2 aromatic heterocycles. The number of anilines is 3. The predicted molar refractivity (Wildman–Crippen MR) is 123 cm³/mol. The van der Waals surface area contributed by atoms with Crippen molar-refractivity contribution in [1.82, 2.24) is 9.97 Å². The highest BCUT2D eigenvalue weighted by Gasteiger charge is 2.41. The minimum atomic E-state index is -0.645. The second-order valence-electron chi connectivity index (χ2n) is 9.21. The van der Waals surface area contributed by atoms with E-state index in [-0.39, 0.29) is 17.6 Å². The van der Waals surface area contributed by atoms with Crippen LogP contribution >= 0.6 is 0 Å². The molecule has 1 amide bonds. The van der Waals surface area contributed by atoms with Gasteiger partial charge >= 0.3 is 6.09 Å². The van der Waals surface area contributed by atoms with Gasteiger partial charge in [-0.05, 0) is 42.8 Å². The number of rotatable bonds is 3. The lowest BCUT2D eigenvalue weighted by Crippen LogP contribution is -2.37. The highest BCUT2D eigenvalue weighted by Crippen LogP contribution is 2.49. The molecule has 8 nitrogen and oxygen atoms in total. The van der Waals surface area contributed by atoms with E-state index in [0.29, 0.717) is 46.7 Å². The van der Waals surface area contributed by atoms with Crippen molar-refractivity contribution in [2.75, 3.05) is 16.4 Å². The summed E-state index contributed by atoms with van der Waals surface area (Å²) in [5, 5.41) is 16.6. The van der Waals surface area contributed by atoms with Crippen LogP contribution in [0.5, 0.6) is 0 Å². The standard InChI is InChI=1S/C24H24FN5O3/c1-10-16(8-28-23-14-2-3-18(14)29-22(10)23)15-4-11-5-19(27-9-17(11)21(26)20(15)25)30-24(32)33-13-6-12(31)7-13/h4-5,8-9,12-14,18,29,31H,2-3,6-7,26H2,1H3,(H,27,30,32)/t12-,13+,14?,18-/m0/s1. The molecule has 170 valence electrons. The lowest BCUT2D eigenvalue weighted by Gasteiger charge is -2.30. The second-order valence-corrected chi connectivity index (χ2v) is 9.21. The maximum Gasteiger partial charge on any atom is 0.413 e. The molecule has 2 fully saturated rings. The molecule has 6 rings (SSSR count). The molecule has 2 atom stereocenters. The summed E-state index contributed by atoms with van der Waals surface area (Å²) in [4.78, 5) is 21.0. The molecule has 1 unspecified atom stereocenters. The highest BCUT2D eigenvalue weighted by atomic mass is 19.1. The first-order chi connectivity index (χ1) is 15.9. The fraction of sp³-hybridized carbons (Fsp3) is 0.375. The van der Waals surface area contributed by atoms with E-state index in [9.17, 15) is 9.90 Å². The Morgan fingerprint density at radius 3 is 2.79 bits per heavy atom. The van der Waals surface area contributed by atoms with Crippen molar-refractivity contribution >= 4 is 34.1 Å². The third kappa shape index (κ3) is 3.18. The summed E-state index contributed by atoms with van der Waals surface area (Å²) in [7, 11) is 0. The number of amides is 1. The topological polar surface area (TPSA) is 122 Å². The van der Waals surface area contributed by atoms with Crippen LogP contribution in [0.1, 0.15) is 42.9 Å². The maximum atomic E-state index is 15.3. The van der Waals surface area contributed by atoms with E-state index in [0.717, 1.165) is 29.8 Å². The van der Waals surface area contributed by atoms with Crippen LogP contribution in [0.25, 0.3) is 21.9 Å². The molecule has 3 heterocycles. The van der Waals surface area contributed by atoms with E-state index in [1.54, 1.807) is 18.3 Å². The minimum Gasteiger partial charge on any atom is -0.446 e. The molecule has 1 aliphatic heterocycles. The first-order valence-corrected chi connectivity index (χ1v) is 11.2. The second kappa shape index (κ2) is 7.28. The Hall–Kier alpha value is -3.46. The van der Waals surface area contributed by atoms with Crippen LogP contribution in [0.2, 0.25) is 0 Å². The first kappa shape index (κ1) is 20.2. The summed E-state index contributed by atoms with van der Waals surface area (Å²) in [5.74, 6) is 0.201. The lowest BCUT2D eigenvalue weighted by atomic mass is 9.80. The van der Waals surface area contributed by atoms with Crippen LogP contribution in [0.3, 0.4) is 0 Å². The molecule has 0 bridgehead atoms. The van der Waals surface area contributed by atoms with Gasteiger partial charge in [0.05, 0.1) is 23.2 Å². The van der Waals surface area contributed by atoms with Crippen LogP contribution < -0.4 is 16.4 Å². The number of pyridine rings is 2. The number of nitrogens with two attached hydrogens (primary N) is 1. The average molecular weight is 449 g/mol. The van der Waals surface area contributed by atoms with Gasteiger partial charge < -0.3 is 20.9 Å². The molecule has 0 spiro atoms. The number of aliphatic hydroxyl groups is 1. The Labute approximate surface area is 189 Å². The van der Waals surface area contributed by atoms with Gasteiger partial charge in [-0.3, -0.25) is 10.3 Å². The summed E-state index contributed by atoms with van der Waals surface area (Å²) >= 11 is 0. The zero-order chi connectivity index (χ0) is 22.9. The van der Waals surface area contributed by atoms with Gasteiger partial charge in [0.2, 0.25) is 0 Å². The highest BCUT2D eigenvalue weighted by molar-refractivity contribution is 5.99. The summed E-state index contributed by atoms with van der Waals surface area (Å²) in [6.45, 7) is 1.97. The summed E-state index contributed by atoms with van der Waals surface area (Å²) < 4.78 is 20.6. The Kier molecular flexibility index (Phi) is 4.45. The number of hydrogen-bond donors (Lipinski definition) is 4. The van der Waals surface area contributed by atoms with Gasteiger partial charge in [-0.2, -0.15) is 0 Å². The van der Waals surface area contributed by atoms with Gasteiger partial charge in [0.15, 0.2) is 5.82 Å². The number of hydrogen-bond acceptors (Lipinski definition) is 7. The van der Waals surface area contributed by atoms with Crippen molar-refractivity contribution < 1.29 is 19.0 Å². The summed E-state index contributed by atoms with van der Waals surface area (Å²) in [6, 6.07) is 3.78. The van der Waals surface area contributed by atoms with Crippen LogP contribution in [-0.4, -0.2) is 39.4 Å². The number of aliphatic hydroxyl groups excluding tert-OH is 1. The molecule has 1 aromatic carbocycles. The zero-order valence-electron chi connectivity index (χ0n) is 18.1. The first-order valence-electron chi connectivity index (χ1n) is 11.2. The van der Waals surface area contributed by atoms with Crippen molar-refractivity contribution in [3.63, 3.8) is 0 Å². The number of halogens is 1. The normalized spacial score (nSPS) is 24.8. The Balaban J connectivity index is 1.34. The summed E-state index contributed by atoms with van der Waals surface area (Å²) in [5.41, 5.74) is 10.2. The fourth-order valence-corrected chi connectivity index (χ4v) is 5.02. The molecule has 2 saturated carbocycles. The number of carbonyl (C=O) groups excluding carboxylic acids is 1. The molecule has 3 aromatic rings. The van der Waals surface area contributed by atoms with Crippen molar-refractivity contribution in [3.05, 3.63) is 41.6 Å². The van der Waals surface area contributed by atoms with Gasteiger partial charge in [-0.1, -0.05) is 0 Å². The number of benzene rings is 1. The monoisotopic (exact) mass is 449 g/mol. The fourth-order valence-electron chi connectivity index (χ4n) is 5.02. The Bertz CT molecular complexity index is 1310. The third-order valence-electron chi connectivity index (χ3n) is 7.19. The Morgan fingerprint density at radius 1 is 1.24 bits per heavy atom. The van der Waals surface area contributed by atoms with Crippen LogP contribution in [0.4, 0.5) is 26.4 Å². The van der Waals surface area contributed by atoms with E-state index in [2.05, 4.69) is 20.6 Å². The van der Waals surface area contributed by atoms with E-state index >= 15 is 4.39 Å². The van der Waals surface area contributed by atoms with Crippen molar-refractivity contribution in [1.29, 1.82) is 0 Å². The number of aromatic nitrogens is 2.